The third kappa shape index (κ3) is 5.32. The zero-order valence-corrected chi connectivity index (χ0v) is 20.5. The fraction of sp³-hybridized carbons (Fsp3) is 0.560. The van der Waals surface area contributed by atoms with E-state index in [2.05, 4.69) is 10.3 Å². The Labute approximate surface area is 207 Å². The third-order valence-corrected chi connectivity index (χ3v) is 8.28. The van der Waals surface area contributed by atoms with Gasteiger partial charge in [0.1, 0.15) is 0 Å². The second-order valence-electron chi connectivity index (χ2n) is 9.67. The molecule has 0 spiro atoms. The molecule has 2 fully saturated rings. The lowest BCUT2D eigenvalue weighted by Crippen LogP contribution is -2.52. The molecule has 2 aromatic heterocycles. The van der Waals surface area contributed by atoms with Crippen molar-refractivity contribution < 1.29 is 23.6 Å². The lowest BCUT2D eigenvalue weighted by molar-refractivity contribution is -0.137. The Kier molecular flexibility index (Phi) is 6.99. The summed E-state index contributed by atoms with van der Waals surface area (Å²) in [6.45, 7) is 1.68. The Morgan fingerprint density at radius 1 is 1.06 bits per heavy atom. The van der Waals surface area contributed by atoms with E-state index in [1.807, 2.05) is 0 Å². The van der Waals surface area contributed by atoms with Crippen molar-refractivity contribution in [1.29, 1.82) is 0 Å². The number of amides is 3. The molecule has 0 aromatic carbocycles. The van der Waals surface area contributed by atoms with Crippen molar-refractivity contribution in [2.75, 3.05) is 31.5 Å². The van der Waals surface area contributed by atoms with Gasteiger partial charge in [0.05, 0.1) is 22.8 Å². The summed E-state index contributed by atoms with van der Waals surface area (Å²) >= 11 is 1.21. The molecule has 2 aromatic rings. The average Bonchev–Trinajstić information content (AvgIpc) is 3.54. The van der Waals surface area contributed by atoms with Crippen molar-refractivity contribution in [2.45, 2.75) is 51.4 Å². The number of hydrogen-bond donors (Lipinski definition) is 1. The Morgan fingerprint density at radius 3 is 2.51 bits per heavy atom. The summed E-state index contributed by atoms with van der Waals surface area (Å²) in [5, 5.41) is 3.32. The van der Waals surface area contributed by atoms with Crippen molar-refractivity contribution in [1.82, 2.24) is 14.8 Å². The highest BCUT2D eigenvalue weighted by atomic mass is 32.1. The average molecular weight is 499 g/mol. The molecule has 5 rings (SSSR count). The van der Waals surface area contributed by atoms with E-state index >= 15 is 0 Å². The summed E-state index contributed by atoms with van der Waals surface area (Å²) in [5.41, 5.74) is 0.601. The molecule has 10 heteroatoms. The third-order valence-electron chi connectivity index (χ3n) is 7.23. The van der Waals surface area contributed by atoms with Gasteiger partial charge in [-0.15, -0.1) is 0 Å². The number of fused-ring (bicyclic) bond motifs is 1. The van der Waals surface area contributed by atoms with E-state index in [0.29, 0.717) is 66.4 Å². The number of furan rings is 1. The molecule has 1 saturated carbocycles. The molecule has 2 aliphatic carbocycles. The number of piperazine rings is 1. The van der Waals surface area contributed by atoms with Crippen LogP contribution in [0.5, 0.6) is 0 Å². The summed E-state index contributed by atoms with van der Waals surface area (Å²) in [6, 6.07) is 3.30. The second-order valence-corrected chi connectivity index (χ2v) is 10.7. The van der Waals surface area contributed by atoms with Crippen LogP contribution in [0.1, 0.15) is 70.9 Å². The molecule has 1 saturated heterocycles. The second kappa shape index (κ2) is 10.3. The highest BCUT2D eigenvalue weighted by Gasteiger charge is 2.36. The van der Waals surface area contributed by atoms with E-state index in [4.69, 9.17) is 4.42 Å². The van der Waals surface area contributed by atoms with Crippen LogP contribution < -0.4 is 5.32 Å². The molecule has 3 amide bonds. The van der Waals surface area contributed by atoms with Gasteiger partial charge < -0.3 is 19.5 Å². The number of nitrogens with zero attached hydrogens (tertiary/aromatic N) is 3. The predicted octanol–water partition coefficient (Wildman–Crippen LogP) is 3.37. The maximum Gasteiger partial charge on any atom is 0.289 e. The first-order valence-corrected chi connectivity index (χ1v) is 13.2. The van der Waals surface area contributed by atoms with Crippen LogP contribution in [0.15, 0.2) is 22.8 Å². The largest absolute Gasteiger partial charge is 0.459 e. The zero-order chi connectivity index (χ0) is 24.4. The van der Waals surface area contributed by atoms with E-state index in [9.17, 15) is 19.2 Å². The molecule has 3 heterocycles. The maximum absolute atomic E-state index is 13.2. The van der Waals surface area contributed by atoms with Gasteiger partial charge in [-0.3, -0.25) is 19.2 Å². The molecule has 3 aliphatic rings. The Morgan fingerprint density at radius 2 is 1.80 bits per heavy atom. The normalized spacial score (nSPS) is 21.0. The van der Waals surface area contributed by atoms with Crippen LogP contribution in [0.2, 0.25) is 0 Å². The molecule has 35 heavy (non-hydrogen) atoms. The first-order chi connectivity index (χ1) is 17.0. The minimum Gasteiger partial charge on any atom is -0.459 e. The van der Waals surface area contributed by atoms with E-state index < -0.39 is 5.92 Å². The molecule has 1 unspecified atom stereocenters. The highest BCUT2D eigenvalue weighted by molar-refractivity contribution is 7.17. The van der Waals surface area contributed by atoms with Crippen molar-refractivity contribution in [3.63, 3.8) is 0 Å². The molecule has 0 radical (unpaired) electrons. The maximum atomic E-state index is 13.2. The standard InChI is InChI=1S/C25H30N4O5S/c30-19-15-17(23(32)28-8-10-29(11-9-28)24(33)20-7-4-12-34-20)14-18-22(19)35-25(26-18)27-21(31)13-16-5-2-1-3-6-16/h4,7,12,16-17H,1-3,5-6,8-11,13-15H2,(H,26,27,31). The van der Waals surface area contributed by atoms with Gasteiger partial charge in [0.2, 0.25) is 11.8 Å². The fourth-order valence-corrected chi connectivity index (χ4v) is 6.28. The number of anilines is 1. The summed E-state index contributed by atoms with van der Waals surface area (Å²) in [4.78, 5) is 59.4. The molecule has 9 nitrogen and oxygen atoms in total. The van der Waals surface area contributed by atoms with Crippen molar-refractivity contribution in [2.24, 2.45) is 11.8 Å². The minimum absolute atomic E-state index is 0.0509. The van der Waals surface area contributed by atoms with Crippen LogP contribution in [0.3, 0.4) is 0 Å². The molecule has 186 valence electrons. The minimum atomic E-state index is -0.463. The number of ketones is 1. The summed E-state index contributed by atoms with van der Waals surface area (Å²) in [6.07, 6.45) is 8.30. The van der Waals surface area contributed by atoms with Gasteiger partial charge in [-0.2, -0.15) is 0 Å². The molecule has 1 aliphatic heterocycles. The monoisotopic (exact) mass is 498 g/mol. The first kappa shape index (κ1) is 23.7. The number of aromatic nitrogens is 1. The Hall–Kier alpha value is -3.01. The number of Topliss-reactive ketones (excluding diaryl/α,β-unsaturated/α-hetero) is 1. The summed E-state index contributed by atoms with van der Waals surface area (Å²) in [7, 11) is 0. The highest BCUT2D eigenvalue weighted by Crippen LogP contribution is 2.34. The number of hydrogen-bond acceptors (Lipinski definition) is 7. The first-order valence-electron chi connectivity index (χ1n) is 12.4. The van der Waals surface area contributed by atoms with E-state index in [1.54, 1.807) is 21.9 Å². The SMILES string of the molecule is O=C(CC1CCCCC1)Nc1nc2c(s1)C(=O)CC(C(=O)N1CCN(C(=O)c3ccco3)CC1)C2. The Bertz CT molecular complexity index is 1100. The molecular formula is C25H30N4O5S. The van der Waals surface area contributed by atoms with Gasteiger partial charge >= 0.3 is 0 Å². The lowest BCUT2D eigenvalue weighted by Gasteiger charge is -2.36. The van der Waals surface area contributed by atoms with Crippen LogP contribution in [0.25, 0.3) is 0 Å². The number of nitrogens with one attached hydrogen (secondary N) is 1. The number of carbonyl (C=O) groups is 4. The van der Waals surface area contributed by atoms with E-state index in [-0.39, 0.29) is 29.9 Å². The fourth-order valence-electron chi connectivity index (χ4n) is 5.33. The zero-order valence-electron chi connectivity index (χ0n) is 19.7. The molecule has 0 bridgehead atoms. The van der Waals surface area contributed by atoms with Crippen LogP contribution >= 0.6 is 11.3 Å². The number of rotatable bonds is 5. The van der Waals surface area contributed by atoms with Gasteiger partial charge in [0, 0.05) is 45.4 Å². The lowest BCUT2D eigenvalue weighted by atomic mass is 9.87. The van der Waals surface area contributed by atoms with Crippen LogP contribution in [-0.4, -0.2) is 64.5 Å². The van der Waals surface area contributed by atoms with Gasteiger partial charge in [0.25, 0.3) is 5.91 Å². The van der Waals surface area contributed by atoms with Crippen LogP contribution in [0, 0.1) is 11.8 Å². The van der Waals surface area contributed by atoms with E-state index in [0.717, 1.165) is 12.8 Å². The van der Waals surface area contributed by atoms with Gasteiger partial charge in [0.15, 0.2) is 16.7 Å². The molecular weight excluding hydrogens is 468 g/mol. The van der Waals surface area contributed by atoms with Crippen LogP contribution in [-0.2, 0) is 16.0 Å². The Balaban J connectivity index is 1.16. The van der Waals surface area contributed by atoms with Crippen molar-refractivity contribution >= 4 is 40.0 Å². The van der Waals surface area contributed by atoms with E-state index in [1.165, 1.54) is 36.9 Å². The smallest absolute Gasteiger partial charge is 0.289 e. The van der Waals surface area contributed by atoms with Crippen molar-refractivity contribution in [3.8, 4) is 0 Å². The quantitative estimate of drug-likeness (QED) is 0.676. The predicted molar refractivity (Wildman–Crippen MR) is 129 cm³/mol. The van der Waals surface area contributed by atoms with Gasteiger partial charge in [-0.25, -0.2) is 4.98 Å². The van der Waals surface area contributed by atoms with Crippen molar-refractivity contribution in [3.05, 3.63) is 34.7 Å². The van der Waals surface area contributed by atoms with Crippen LogP contribution in [0.4, 0.5) is 5.13 Å². The number of carbonyl (C=O) groups excluding carboxylic acids is 4. The van der Waals surface area contributed by atoms with Gasteiger partial charge in [-0.05, 0) is 30.9 Å². The molecule has 1 atom stereocenters. The number of thiazole rings is 1. The summed E-state index contributed by atoms with van der Waals surface area (Å²) in [5.74, 6) is -0.149. The summed E-state index contributed by atoms with van der Waals surface area (Å²) < 4.78 is 5.19. The topological polar surface area (TPSA) is 113 Å². The molecule has 1 N–H and O–H groups in total. The van der Waals surface area contributed by atoms with Gasteiger partial charge in [-0.1, -0.05) is 30.6 Å².